The minimum absolute atomic E-state index is 0.596. The van der Waals surface area contributed by atoms with Gasteiger partial charge in [-0.3, -0.25) is 0 Å². The van der Waals surface area contributed by atoms with Crippen LogP contribution in [-0.2, 0) is 0 Å². The Morgan fingerprint density at radius 3 is 2.59 bits per heavy atom. The molecule has 17 heavy (non-hydrogen) atoms. The van der Waals surface area contributed by atoms with E-state index >= 15 is 0 Å². The van der Waals surface area contributed by atoms with Crippen molar-refractivity contribution in [1.82, 2.24) is 9.97 Å². The standard InChI is InChI=1S/C13H18N4/c1-8-9(2)11-4-5-12(15-7-6-14)17-13(11)16-10(8)3/h4-5H,6-7,14H2,1-3H3,(H,15,16,17). The number of aryl methyl sites for hydroxylation is 2. The molecule has 2 rings (SSSR count). The van der Waals surface area contributed by atoms with Crippen LogP contribution < -0.4 is 11.1 Å². The fourth-order valence-corrected chi connectivity index (χ4v) is 1.84. The van der Waals surface area contributed by atoms with Gasteiger partial charge in [-0.2, -0.15) is 0 Å². The molecule has 0 aliphatic carbocycles. The van der Waals surface area contributed by atoms with Crippen LogP contribution >= 0.6 is 0 Å². The van der Waals surface area contributed by atoms with Gasteiger partial charge >= 0.3 is 0 Å². The quantitative estimate of drug-likeness (QED) is 0.845. The molecule has 4 heteroatoms. The van der Waals surface area contributed by atoms with Gasteiger partial charge < -0.3 is 11.1 Å². The Bertz CT molecular complexity index is 549. The molecule has 0 unspecified atom stereocenters. The molecule has 0 aliphatic rings. The zero-order chi connectivity index (χ0) is 12.4. The molecule has 0 aliphatic heterocycles. The minimum Gasteiger partial charge on any atom is -0.369 e. The van der Waals surface area contributed by atoms with E-state index < -0.39 is 0 Å². The summed E-state index contributed by atoms with van der Waals surface area (Å²) >= 11 is 0. The fourth-order valence-electron chi connectivity index (χ4n) is 1.84. The first-order valence-electron chi connectivity index (χ1n) is 5.82. The van der Waals surface area contributed by atoms with Crippen molar-refractivity contribution in [3.8, 4) is 0 Å². The first kappa shape index (κ1) is 11.8. The molecule has 4 nitrogen and oxygen atoms in total. The topological polar surface area (TPSA) is 63.8 Å². The summed E-state index contributed by atoms with van der Waals surface area (Å²) in [6, 6.07) is 4.04. The summed E-state index contributed by atoms with van der Waals surface area (Å²) < 4.78 is 0. The highest BCUT2D eigenvalue weighted by Gasteiger charge is 2.07. The lowest BCUT2D eigenvalue weighted by molar-refractivity contribution is 1.01. The first-order valence-corrected chi connectivity index (χ1v) is 5.82. The van der Waals surface area contributed by atoms with Gasteiger partial charge in [-0.15, -0.1) is 0 Å². The summed E-state index contributed by atoms with van der Waals surface area (Å²) in [5.74, 6) is 0.832. The molecule has 0 amide bonds. The summed E-state index contributed by atoms with van der Waals surface area (Å²) in [7, 11) is 0. The van der Waals surface area contributed by atoms with Gasteiger partial charge in [-0.05, 0) is 44.0 Å². The van der Waals surface area contributed by atoms with Crippen LogP contribution in [0, 0.1) is 20.8 Å². The Morgan fingerprint density at radius 2 is 1.88 bits per heavy atom. The van der Waals surface area contributed by atoms with E-state index in [-0.39, 0.29) is 0 Å². The molecule has 2 aromatic rings. The smallest absolute Gasteiger partial charge is 0.162 e. The number of rotatable bonds is 3. The second kappa shape index (κ2) is 4.67. The molecule has 2 aromatic heterocycles. The number of pyridine rings is 2. The lowest BCUT2D eigenvalue weighted by Crippen LogP contribution is -2.14. The van der Waals surface area contributed by atoms with Crippen molar-refractivity contribution in [1.29, 1.82) is 0 Å². The molecule has 0 aromatic carbocycles. The largest absolute Gasteiger partial charge is 0.369 e. The fraction of sp³-hybridized carbons (Fsp3) is 0.385. The second-order valence-corrected chi connectivity index (χ2v) is 4.23. The average molecular weight is 230 g/mol. The van der Waals surface area contributed by atoms with Gasteiger partial charge in [-0.1, -0.05) is 0 Å². The van der Waals surface area contributed by atoms with Gasteiger partial charge in [-0.25, -0.2) is 9.97 Å². The van der Waals surface area contributed by atoms with Gasteiger partial charge in [0.1, 0.15) is 5.82 Å². The molecule has 90 valence electrons. The van der Waals surface area contributed by atoms with Crippen LogP contribution in [0.5, 0.6) is 0 Å². The van der Waals surface area contributed by atoms with Crippen molar-refractivity contribution in [3.63, 3.8) is 0 Å². The lowest BCUT2D eigenvalue weighted by Gasteiger charge is -2.10. The zero-order valence-electron chi connectivity index (χ0n) is 10.5. The summed E-state index contributed by atoms with van der Waals surface area (Å²) in [4.78, 5) is 9.02. The summed E-state index contributed by atoms with van der Waals surface area (Å²) in [6.07, 6.45) is 0. The predicted molar refractivity (Wildman–Crippen MR) is 71.3 cm³/mol. The van der Waals surface area contributed by atoms with Crippen molar-refractivity contribution < 1.29 is 0 Å². The first-order chi connectivity index (χ1) is 8.13. The average Bonchev–Trinajstić information content (AvgIpc) is 2.33. The molecule has 0 radical (unpaired) electrons. The van der Waals surface area contributed by atoms with Gasteiger partial charge in [0.15, 0.2) is 5.65 Å². The normalized spacial score (nSPS) is 10.8. The number of fused-ring (bicyclic) bond motifs is 1. The third kappa shape index (κ3) is 2.22. The maximum Gasteiger partial charge on any atom is 0.162 e. The Balaban J connectivity index is 2.51. The van der Waals surface area contributed by atoms with Crippen molar-refractivity contribution in [2.24, 2.45) is 5.73 Å². The highest BCUT2D eigenvalue weighted by molar-refractivity contribution is 5.81. The number of hydrogen-bond acceptors (Lipinski definition) is 4. The zero-order valence-corrected chi connectivity index (χ0v) is 10.5. The van der Waals surface area contributed by atoms with Crippen LogP contribution in [0.15, 0.2) is 12.1 Å². The van der Waals surface area contributed by atoms with Crippen molar-refractivity contribution in [3.05, 3.63) is 29.0 Å². The van der Waals surface area contributed by atoms with E-state index in [4.69, 9.17) is 5.73 Å². The minimum atomic E-state index is 0.596. The maximum atomic E-state index is 5.45. The van der Waals surface area contributed by atoms with Crippen molar-refractivity contribution in [2.75, 3.05) is 18.4 Å². The van der Waals surface area contributed by atoms with E-state index in [1.807, 2.05) is 13.0 Å². The number of nitrogens with zero attached hydrogens (tertiary/aromatic N) is 2. The Hall–Kier alpha value is -1.68. The molecule has 0 spiro atoms. The van der Waals surface area contributed by atoms with Crippen LogP contribution in [0.4, 0.5) is 5.82 Å². The van der Waals surface area contributed by atoms with Crippen LogP contribution in [0.1, 0.15) is 16.8 Å². The number of nitrogens with one attached hydrogen (secondary N) is 1. The molecule has 0 bridgehead atoms. The molecule has 0 saturated carbocycles. The van der Waals surface area contributed by atoms with Gasteiger partial charge in [0.25, 0.3) is 0 Å². The van der Waals surface area contributed by atoms with Crippen molar-refractivity contribution >= 4 is 16.9 Å². The van der Waals surface area contributed by atoms with Crippen LogP contribution in [0.25, 0.3) is 11.0 Å². The third-order valence-electron chi connectivity index (χ3n) is 3.11. The number of aromatic nitrogens is 2. The number of anilines is 1. The molecule has 2 heterocycles. The number of nitrogens with two attached hydrogens (primary N) is 1. The highest BCUT2D eigenvalue weighted by Crippen LogP contribution is 2.21. The van der Waals surface area contributed by atoms with Crippen LogP contribution in [0.2, 0.25) is 0 Å². The van der Waals surface area contributed by atoms with E-state index in [0.717, 1.165) is 29.1 Å². The third-order valence-corrected chi connectivity index (χ3v) is 3.11. The van der Waals surface area contributed by atoms with Gasteiger partial charge in [0, 0.05) is 24.2 Å². The predicted octanol–water partition coefficient (Wildman–Crippen LogP) is 1.93. The summed E-state index contributed by atoms with van der Waals surface area (Å²) in [6.45, 7) is 7.55. The van der Waals surface area contributed by atoms with E-state index in [2.05, 4.69) is 35.2 Å². The Kier molecular flexibility index (Phi) is 3.24. The SMILES string of the molecule is Cc1nc2nc(NCCN)ccc2c(C)c1C. The highest BCUT2D eigenvalue weighted by atomic mass is 15.0. The molecule has 3 N–H and O–H groups in total. The monoisotopic (exact) mass is 230 g/mol. The Morgan fingerprint density at radius 1 is 1.12 bits per heavy atom. The molecular formula is C13H18N4. The lowest BCUT2D eigenvalue weighted by atomic mass is 10.1. The maximum absolute atomic E-state index is 5.45. The van der Waals surface area contributed by atoms with E-state index in [0.29, 0.717) is 6.54 Å². The van der Waals surface area contributed by atoms with Gasteiger partial charge in [0.05, 0.1) is 0 Å². The van der Waals surface area contributed by atoms with Crippen molar-refractivity contribution in [2.45, 2.75) is 20.8 Å². The summed E-state index contributed by atoms with van der Waals surface area (Å²) in [5.41, 5.74) is 9.78. The van der Waals surface area contributed by atoms with E-state index in [1.54, 1.807) is 0 Å². The number of hydrogen-bond donors (Lipinski definition) is 2. The van der Waals surface area contributed by atoms with E-state index in [9.17, 15) is 0 Å². The second-order valence-electron chi connectivity index (χ2n) is 4.23. The van der Waals surface area contributed by atoms with E-state index in [1.165, 1.54) is 11.1 Å². The molecule has 0 atom stereocenters. The van der Waals surface area contributed by atoms with Crippen LogP contribution in [-0.4, -0.2) is 23.1 Å². The van der Waals surface area contributed by atoms with Gasteiger partial charge in [0.2, 0.25) is 0 Å². The molecule has 0 saturated heterocycles. The molecule has 0 fully saturated rings. The summed E-state index contributed by atoms with van der Waals surface area (Å²) in [5, 5.41) is 4.28. The van der Waals surface area contributed by atoms with Crippen LogP contribution in [0.3, 0.4) is 0 Å². The molecular weight excluding hydrogens is 212 g/mol. The Labute approximate surface area is 101 Å².